The van der Waals surface area contributed by atoms with E-state index in [2.05, 4.69) is 80.5 Å². The molecule has 0 aliphatic carbocycles. The van der Waals surface area contributed by atoms with E-state index in [1.165, 1.54) is 24.8 Å². The molecule has 42 heavy (non-hydrogen) atoms. The number of ether oxygens (including phenoxy) is 1. The quantitative estimate of drug-likeness (QED) is 0.276. The lowest BCUT2D eigenvalue weighted by Gasteiger charge is -2.41. The highest BCUT2D eigenvalue weighted by molar-refractivity contribution is 6.30. The SMILES string of the molecule is CCN1[C@@H](CC(C)(C)C)[C@@]2(CNc3cc(Cl)ccc32)[C@@H](c2cccc(C)c2)[C@@H]1C(=O)Nc1ccc(C(=O)O)cc1OC. The second-order valence-electron chi connectivity index (χ2n) is 12.7. The first-order valence-electron chi connectivity index (χ1n) is 14.5. The Morgan fingerprint density at radius 3 is 2.55 bits per heavy atom. The number of fused-ring (bicyclic) bond motifs is 2. The van der Waals surface area contributed by atoms with Crippen molar-refractivity contribution in [2.45, 2.75) is 64.5 Å². The Labute approximate surface area is 253 Å². The predicted octanol–water partition coefficient (Wildman–Crippen LogP) is 6.95. The number of aryl methyl sites for hydroxylation is 1. The highest BCUT2D eigenvalue weighted by Gasteiger charge is 2.64. The van der Waals surface area contributed by atoms with E-state index in [9.17, 15) is 14.7 Å². The summed E-state index contributed by atoms with van der Waals surface area (Å²) in [5.41, 5.74) is 4.58. The third-order valence-electron chi connectivity index (χ3n) is 8.82. The third-order valence-corrected chi connectivity index (χ3v) is 9.06. The van der Waals surface area contributed by atoms with Crippen LogP contribution in [0.5, 0.6) is 5.75 Å². The van der Waals surface area contributed by atoms with E-state index < -0.39 is 17.4 Å². The predicted molar refractivity (Wildman–Crippen MR) is 168 cm³/mol. The Hall–Kier alpha value is -3.55. The summed E-state index contributed by atoms with van der Waals surface area (Å²) in [7, 11) is 1.47. The van der Waals surface area contributed by atoms with Crippen LogP contribution in [0.4, 0.5) is 11.4 Å². The minimum Gasteiger partial charge on any atom is -0.495 e. The zero-order valence-electron chi connectivity index (χ0n) is 25.1. The maximum absolute atomic E-state index is 14.6. The third kappa shape index (κ3) is 5.25. The van der Waals surface area contributed by atoms with Crippen LogP contribution >= 0.6 is 11.6 Å². The van der Waals surface area contributed by atoms with Gasteiger partial charge in [0.25, 0.3) is 0 Å². The number of hydrogen-bond donors (Lipinski definition) is 3. The molecular formula is C34H40ClN3O4. The van der Waals surface area contributed by atoms with E-state index in [0.29, 0.717) is 29.5 Å². The number of rotatable bonds is 7. The number of carboxylic acids is 1. The van der Waals surface area contributed by atoms with Crippen molar-refractivity contribution in [1.82, 2.24) is 4.90 Å². The molecule has 4 atom stereocenters. The molecule has 222 valence electrons. The van der Waals surface area contributed by atoms with Gasteiger partial charge in [0, 0.05) is 34.6 Å². The van der Waals surface area contributed by atoms with Gasteiger partial charge < -0.3 is 20.5 Å². The molecule has 0 saturated carbocycles. The van der Waals surface area contributed by atoms with Crippen LogP contribution in [0.3, 0.4) is 0 Å². The summed E-state index contributed by atoms with van der Waals surface area (Å²) in [6.07, 6.45) is 0.882. The van der Waals surface area contributed by atoms with E-state index in [1.54, 1.807) is 6.07 Å². The van der Waals surface area contributed by atoms with Crippen LogP contribution in [-0.4, -0.2) is 54.2 Å². The monoisotopic (exact) mass is 589 g/mol. The first-order valence-corrected chi connectivity index (χ1v) is 14.9. The number of benzene rings is 3. The number of amides is 1. The Bertz CT molecular complexity index is 1520. The molecule has 5 rings (SSSR count). The highest BCUT2D eigenvalue weighted by atomic mass is 35.5. The number of aromatic carboxylic acids is 1. The highest BCUT2D eigenvalue weighted by Crippen LogP contribution is 2.59. The van der Waals surface area contributed by atoms with Gasteiger partial charge in [-0.2, -0.15) is 0 Å². The minimum atomic E-state index is -1.06. The van der Waals surface area contributed by atoms with E-state index >= 15 is 0 Å². The summed E-state index contributed by atoms with van der Waals surface area (Å²) in [5.74, 6) is -1.08. The summed E-state index contributed by atoms with van der Waals surface area (Å²) < 4.78 is 5.50. The standard InChI is InChI=1S/C34H40ClN3O4/c1-7-38-28(18-33(3,4)5)34(19-36-26-17-23(35)12-13-24(26)34)29(21-10-8-9-20(2)15-21)30(38)31(39)37-25-14-11-22(32(40)41)16-27(25)42-6/h8-17,28-30,36H,7,18-19H2,1-6H3,(H,37,39)(H,40,41)/t28-,29-,30+,34-/m0/s1. The molecule has 7 nitrogen and oxygen atoms in total. The molecule has 1 spiro atoms. The summed E-state index contributed by atoms with van der Waals surface area (Å²) in [5, 5.41) is 17.0. The number of likely N-dealkylation sites (tertiary alicyclic amines) is 1. The number of likely N-dealkylation sites (N-methyl/N-ethyl adjacent to an activating group) is 1. The molecule has 0 radical (unpaired) electrons. The average Bonchev–Trinajstić information content (AvgIpc) is 3.43. The number of hydrogen-bond acceptors (Lipinski definition) is 5. The zero-order chi connectivity index (χ0) is 30.4. The molecule has 0 unspecified atom stereocenters. The van der Waals surface area contributed by atoms with Crippen LogP contribution in [0.15, 0.2) is 60.7 Å². The van der Waals surface area contributed by atoms with Crippen LogP contribution in [0.1, 0.15) is 67.1 Å². The molecule has 0 bridgehead atoms. The van der Waals surface area contributed by atoms with Crippen molar-refractivity contribution in [2.75, 3.05) is 30.8 Å². The molecular weight excluding hydrogens is 550 g/mol. The average molecular weight is 590 g/mol. The van der Waals surface area contributed by atoms with Crippen molar-refractivity contribution < 1.29 is 19.4 Å². The molecule has 1 fully saturated rings. The van der Waals surface area contributed by atoms with Gasteiger partial charge in [0.2, 0.25) is 5.91 Å². The van der Waals surface area contributed by atoms with Crippen molar-refractivity contribution in [3.8, 4) is 5.75 Å². The van der Waals surface area contributed by atoms with Crippen LogP contribution in [-0.2, 0) is 10.2 Å². The summed E-state index contributed by atoms with van der Waals surface area (Å²) in [6, 6.07) is 18.6. The van der Waals surface area contributed by atoms with E-state index in [1.807, 2.05) is 12.1 Å². The smallest absolute Gasteiger partial charge is 0.335 e. The molecule has 3 N–H and O–H groups in total. The number of methoxy groups -OCH3 is 1. The van der Waals surface area contributed by atoms with Gasteiger partial charge in [0.1, 0.15) is 5.75 Å². The molecule has 2 heterocycles. The first kappa shape index (κ1) is 29.9. The number of nitrogens with one attached hydrogen (secondary N) is 2. The molecule has 8 heteroatoms. The molecule has 2 aliphatic rings. The number of halogens is 1. The van der Waals surface area contributed by atoms with E-state index in [0.717, 1.165) is 23.2 Å². The van der Waals surface area contributed by atoms with Gasteiger partial charge in [-0.15, -0.1) is 0 Å². The molecule has 1 amide bonds. The first-order chi connectivity index (χ1) is 19.9. The van der Waals surface area contributed by atoms with Crippen molar-refractivity contribution in [3.63, 3.8) is 0 Å². The zero-order valence-corrected chi connectivity index (χ0v) is 25.9. The Balaban J connectivity index is 1.70. The normalized spacial score (nSPS) is 23.5. The van der Waals surface area contributed by atoms with Crippen molar-refractivity contribution in [1.29, 1.82) is 0 Å². The van der Waals surface area contributed by atoms with Crippen LogP contribution in [0, 0.1) is 12.3 Å². The van der Waals surface area contributed by atoms with Gasteiger partial charge in [0.15, 0.2) is 0 Å². The van der Waals surface area contributed by atoms with Crippen LogP contribution in [0.25, 0.3) is 0 Å². The van der Waals surface area contributed by atoms with E-state index in [-0.39, 0.29) is 28.8 Å². The fourth-order valence-corrected chi connectivity index (χ4v) is 7.40. The number of carbonyl (C=O) groups excluding carboxylic acids is 1. The number of nitrogens with zero attached hydrogens (tertiary/aromatic N) is 1. The topological polar surface area (TPSA) is 90.9 Å². The maximum Gasteiger partial charge on any atom is 0.335 e. The van der Waals surface area contributed by atoms with Crippen molar-refractivity contribution in [2.24, 2.45) is 5.41 Å². The van der Waals surface area contributed by atoms with E-state index in [4.69, 9.17) is 16.3 Å². The fourth-order valence-electron chi connectivity index (χ4n) is 7.23. The molecule has 1 saturated heterocycles. The molecule has 3 aromatic carbocycles. The van der Waals surface area contributed by atoms with Crippen LogP contribution in [0.2, 0.25) is 5.02 Å². The lowest BCUT2D eigenvalue weighted by molar-refractivity contribution is -0.121. The van der Waals surface area contributed by atoms with Gasteiger partial charge in [-0.25, -0.2) is 4.79 Å². The van der Waals surface area contributed by atoms with Crippen LogP contribution < -0.4 is 15.4 Å². The minimum absolute atomic E-state index is 0.00132. The van der Waals surface area contributed by atoms with Crippen molar-refractivity contribution >= 4 is 34.9 Å². The van der Waals surface area contributed by atoms with Gasteiger partial charge in [0.05, 0.1) is 24.4 Å². The Morgan fingerprint density at radius 1 is 1.14 bits per heavy atom. The summed E-state index contributed by atoms with van der Waals surface area (Å²) in [4.78, 5) is 28.5. The number of anilines is 2. The molecule has 2 aliphatic heterocycles. The van der Waals surface area contributed by atoms with Gasteiger partial charge in [-0.1, -0.05) is 75.2 Å². The Morgan fingerprint density at radius 2 is 1.90 bits per heavy atom. The number of carboxylic acid groups (broad SMARTS) is 1. The van der Waals surface area contributed by atoms with Crippen molar-refractivity contribution in [3.05, 3.63) is 87.9 Å². The second kappa shape index (κ2) is 11.3. The maximum atomic E-state index is 14.6. The Kier molecular flexibility index (Phi) is 8.03. The molecule has 3 aromatic rings. The van der Waals surface area contributed by atoms with Gasteiger partial charge >= 0.3 is 5.97 Å². The second-order valence-corrected chi connectivity index (χ2v) is 13.2. The fraction of sp³-hybridized carbons (Fsp3) is 0.412. The number of carbonyl (C=O) groups is 2. The summed E-state index contributed by atoms with van der Waals surface area (Å²) in [6.45, 7) is 12.3. The summed E-state index contributed by atoms with van der Waals surface area (Å²) >= 11 is 6.46. The largest absolute Gasteiger partial charge is 0.495 e. The lowest BCUT2D eigenvalue weighted by atomic mass is 9.63. The van der Waals surface area contributed by atoms with Gasteiger partial charge in [-0.3, -0.25) is 9.69 Å². The van der Waals surface area contributed by atoms with Gasteiger partial charge in [-0.05, 0) is 66.8 Å². The lowest BCUT2D eigenvalue weighted by Crippen LogP contribution is -2.48. The molecule has 0 aromatic heterocycles.